The van der Waals surface area contributed by atoms with Crippen molar-refractivity contribution in [1.29, 1.82) is 0 Å². The molecular formula is C28H35F2NO3. The summed E-state index contributed by atoms with van der Waals surface area (Å²) in [4.78, 5) is 14.0. The van der Waals surface area contributed by atoms with Crippen molar-refractivity contribution in [3.63, 3.8) is 0 Å². The van der Waals surface area contributed by atoms with Gasteiger partial charge in [0.15, 0.2) is 0 Å². The Morgan fingerprint density at radius 3 is 2.32 bits per heavy atom. The highest BCUT2D eigenvalue weighted by Gasteiger charge is 2.45. The Balaban J connectivity index is 1.40. The van der Waals surface area contributed by atoms with Gasteiger partial charge in [0.25, 0.3) is 6.43 Å². The van der Waals surface area contributed by atoms with E-state index in [1.54, 1.807) is 6.07 Å². The van der Waals surface area contributed by atoms with E-state index in [0.717, 1.165) is 49.5 Å². The fraction of sp³-hybridized carbons (Fsp3) is 0.607. The molecule has 2 aliphatic heterocycles. The number of fused-ring (bicyclic) bond motifs is 3. The van der Waals surface area contributed by atoms with Crippen molar-refractivity contribution < 1.29 is 23.4 Å². The number of piperidine rings is 1. The average Bonchev–Trinajstić information content (AvgIpc) is 3.07. The summed E-state index contributed by atoms with van der Waals surface area (Å²) in [5.74, 6) is 0.0559. The first-order valence-electron chi connectivity index (χ1n) is 12.8. The number of halogens is 2. The van der Waals surface area contributed by atoms with Gasteiger partial charge in [-0.2, -0.15) is 0 Å². The van der Waals surface area contributed by atoms with Crippen LogP contribution in [0.3, 0.4) is 0 Å². The lowest BCUT2D eigenvalue weighted by atomic mass is 9.88. The normalized spacial score (nSPS) is 30.6. The quantitative estimate of drug-likeness (QED) is 0.487. The Bertz CT molecular complexity index is 1040. The number of carboxylic acid groups (broad SMARTS) is 1. The lowest BCUT2D eigenvalue weighted by molar-refractivity contribution is -0.144. The second-order valence-electron chi connectivity index (χ2n) is 10.8. The fourth-order valence-corrected chi connectivity index (χ4v) is 6.69. The number of ether oxygens (including phenoxy) is 1. The third-order valence-electron chi connectivity index (χ3n) is 8.59. The van der Waals surface area contributed by atoms with Gasteiger partial charge < -0.3 is 9.84 Å². The molecule has 3 atom stereocenters. The standard InChI is InChI=1S/C28H35F2NO3/c1-16-3-9-23(10-4-16)34-25-12-6-19-13-18(5-11-24(19)26(25)27(29)30)17(2)31-21-7-8-22(31)15-20(14-21)28(32)33/h5-6,11-13,16-17,20-23,27H,3-4,7-10,14-15H2,1-2H3,(H,32,33). The molecule has 6 heteroatoms. The van der Waals surface area contributed by atoms with Crippen LogP contribution in [-0.2, 0) is 4.79 Å². The van der Waals surface area contributed by atoms with Crippen LogP contribution in [0.2, 0.25) is 0 Å². The molecule has 4 nitrogen and oxygen atoms in total. The summed E-state index contributed by atoms with van der Waals surface area (Å²) in [5, 5.41) is 10.8. The van der Waals surface area contributed by atoms with E-state index in [9.17, 15) is 18.7 Å². The molecule has 1 aliphatic carbocycles. The van der Waals surface area contributed by atoms with Crippen molar-refractivity contribution in [3.8, 4) is 5.75 Å². The van der Waals surface area contributed by atoms with Gasteiger partial charge in [0.1, 0.15) is 5.75 Å². The molecule has 3 aliphatic rings. The molecule has 2 aromatic carbocycles. The molecule has 184 valence electrons. The molecule has 2 saturated heterocycles. The number of rotatable bonds is 6. The van der Waals surface area contributed by atoms with Crippen LogP contribution >= 0.6 is 0 Å². The number of carbonyl (C=O) groups is 1. The summed E-state index contributed by atoms with van der Waals surface area (Å²) in [7, 11) is 0. The van der Waals surface area contributed by atoms with Crippen molar-refractivity contribution in [3.05, 3.63) is 41.5 Å². The van der Waals surface area contributed by atoms with E-state index >= 15 is 0 Å². The van der Waals surface area contributed by atoms with Crippen LogP contribution in [0.1, 0.15) is 88.8 Å². The molecule has 2 bridgehead atoms. The average molecular weight is 472 g/mol. The van der Waals surface area contributed by atoms with Crippen molar-refractivity contribution in [1.82, 2.24) is 4.90 Å². The van der Waals surface area contributed by atoms with Crippen LogP contribution in [0, 0.1) is 11.8 Å². The minimum atomic E-state index is -2.60. The minimum absolute atomic E-state index is 0.00216. The summed E-state index contributed by atoms with van der Waals surface area (Å²) in [6.45, 7) is 4.39. The summed E-state index contributed by atoms with van der Waals surface area (Å²) in [6.07, 6.45) is 4.85. The lowest BCUT2D eigenvalue weighted by Crippen LogP contribution is -2.45. The van der Waals surface area contributed by atoms with Crippen LogP contribution in [0.5, 0.6) is 5.75 Å². The summed E-state index contributed by atoms with van der Waals surface area (Å²) in [6, 6.07) is 10.1. The van der Waals surface area contributed by atoms with Gasteiger partial charge in [0.05, 0.1) is 17.6 Å². The molecule has 0 radical (unpaired) electrons. The van der Waals surface area contributed by atoms with Gasteiger partial charge in [-0.1, -0.05) is 25.1 Å². The predicted octanol–water partition coefficient (Wildman–Crippen LogP) is 7.12. The van der Waals surface area contributed by atoms with E-state index < -0.39 is 12.4 Å². The van der Waals surface area contributed by atoms with Crippen LogP contribution in [-0.4, -0.2) is 34.2 Å². The van der Waals surface area contributed by atoms with Crippen LogP contribution < -0.4 is 4.74 Å². The van der Waals surface area contributed by atoms with E-state index in [1.165, 1.54) is 0 Å². The van der Waals surface area contributed by atoms with Crippen molar-refractivity contribution in [2.75, 3.05) is 0 Å². The number of aliphatic carboxylic acids is 1. The maximum Gasteiger partial charge on any atom is 0.306 e. The molecule has 34 heavy (non-hydrogen) atoms. The minimum Gasteiger partial charge on any atom is -0.490 e. The monoisotopic (exact) mass is 471 g/mol. The highest BCUT2D eigenvalue weighted by molar-refractivity contribution is 5.88. The molecule has 1 N–H and O–H groups in total. The predicted molar refractivity (Wildman–Crippen MR) is 128 cm³/mol. The van der Waals surface area contributed by atoms with E-state index in [2.05, 4.69) is 18.7 Å². The van der Waals surface area contributed by atoms with Gasteiger partial charge in [0, 0.05) is 18.1 Å². The Morgan fingerprint density at radius 1 is 1.03 bits per heavy atom. The molecule has 0 spiro atoms. The Labute approximate surface area is 200 Å². The summed E-state index contributed by atoms with van der Waals surface area (Å²) >= 11 is 0. The maximum atomic E-state index is 14.2. The number of benzene rings is 2. The molecule has 3 fully saturated rings. The van der Waals surface area contributed by atoms with E-state index in [1.807, 2.05) is 24.3 Å². The number of nitrogens with zero attached hydrogens (tertiary/aromatic N) is 1. The van der Waals surface area contributed by atoms with Gasteiger partial charge in [-0.25, -0.2) is 8.78 Å². The number of hydrogen-bond acceptors (Lipinski definition) is 3. The zero-order chi connectivity index (χ0) is 24.0. The first-order chi connectivity index (χ1) is 16.3. The van der Waals surface area contributed by atoms with Crippen LogP contribution in [0.25, 0.3) is 10.8 Å². The Morgan fingerprint density at radius 2 is 1.71 bits per heavy atom. The number of hydrogen-bond donors (Lipinski definition) is 1. The third kappa shape index (κ3) is 4.41. The number of alkyl halides is 2. The molecule has 5 rings (SSSR count). The second kappa shape index (κ2) is 9.44. The van der Waals surface area contributed by atoms with Crippen molar-refractivity contribution >= 4 is 16.7 Å². The largest absolute Gasteiger partial charge is 0.490 e. The second-order valence-corrected chi connectivity index (χ2v) is 10.8. The van der Waals surface area contributed by atoms with E-state index in [4.69, 9.17) is 4.74 Å². The van der Waals surface area contributed by atoms with Gasteiger partial charge >= 0.3 is 5.97 Å². The van der Waals surface area contributed by atoms with Gasteiger partial charge in [0.2, 0.25) is 0 Å². The Kier molecular flexibility index (Phi) is 6.54. The number of carboxylic acids is 1. The molecule has 2 heterocycles. The third-order valence-corrected chi connectivity index (χ3v) is 8.59. The summed E-state index contributed by atoms with van der Waals surface area (Å²) < 4.78 is 34.5. The summed E-state index contributed by atoms with van der Waals surface area (Å²) in [5.41, 5.74) is 1.09. The zero-order valence-electron chi connectivity index (χ0n) is 20.1. The lowest BCUT2D eigenvalue weighted by Gasteiger charge is -2.41. The smallest absolute Gasteiger partial charge is 0.306 e. The first-order valence-corrected chi connectivity index (χ1v) is 12.8. The SMILES string of the molecule is CC1CCC(Oc2ccc3cc(C(C)N4C5CCC4CC(C(=O)O)C5)ccc3c2C(F)F)CC1. The van der Waals surface area contributed by atoms with Gasteiger partial charge in [-0.15, -0.1) is 0 Å². The van der Waals surface area contributed by atoms with Crippen LogP contribution in [0.15, 0.2) is 30.3 Å². The van der Waals surface area contributed by atoms with E-state index in [0.29, 0.717) is 29.9 Å². The highest BCUT2D eigenvalue weighted by atomic mass is 19.3. The Hall–Kier alpha value is -2.21. The topological polar surface area (TPSA) is 49.8 Å². The van der Waals surface area contributed by atoms with Gasteiger partial charge in [-0.3, -0.25) is 9.69 Å². The molecule has 2 aromatic rings. The first kappa shape index (κ1) is 23.5. The van der Waals surface area contributed by atoms with Gasteiger partial charge in [-0.05, 0) is 92.7 Å². The fourth-order valence-electron chi connectivity index (χ4n) is 6.69. The molecule has 1 saturated carbocycles. The zero-order valence-corrected chi connectivity index (χ0v) is 20.1. The van der Waals surface area contributed by atoms with Crippen LogP contribution in [0.4, 0.5) is 8.78 Å². The molecule has 0 aromatic heterocycles. The van der Waals surface area contributed by atoms with Crippen molar-refractivity contribution in [2.24, 2.45) is 11.8 Å². The molecule has 0 amide bonds. The molecular weight excluding hydrogens is 436 g/mol. The van der Waals surface area contributed by atoms with Crippen molar-refractivity contribution in [2.45, 2.75) is 95.9 Å². The maximum absolute atomic E-state index is 14.2. The molecule has 3 unspecified atom stereocenters. The van der Waals surface area contributed by atoms with E-state index in [-0.39, 0.29) is 35.7 Å². The highest BCUT2D eigenvalue weighted by Crippen LogP contribution is 2.45.